The predicted octanol–water partition coefficient (Wildman–Crippen LogP) is 2.94. The van der Waals surface area contributed by atoms with Crippen molar-refractivity contribution in [1.82, 2.24) is 5.32 Å². The molecule has 7 heteroatoms. The summed E-state index contributed by atoms with van der Waals surface area (Å²) in [5.41, 5.74) is 0.383. The lowest BCUT2D eigenvalue weighted by atomic mass is 10.2. The molecule has 0 saturated heterocycles. The van der Waals surface area contributed by atoms with Crippen molar-refractivity contribution in [2.24, 2.45) is 0 Å². The van der Waals surface area contributed by atoms with Crippen molar-refractivity contribution in [2.75, 3.05) is 17.1 Å². The zero-order chi connectivity index (χ0) is 19.2. The molecule has 0 radical (unpaired) electrons. The van der Waals surface area contributed by atoms with Gasteiger partial charge in [0.25, 0.3) is 0 Å². The summed E-state index contributed by atoms with van der Waals surface area (Å²) in [7, 11) is -3.65. The van der Waals surface area contributed by atoms with Gasteiger partial charge in [-0.15, -0.1) is 6.58 Å². The molecule has 0 aromatic heterocycles. The molecule has 2 rings (SSSR count). The molecule has 1 N–H and O–H groups in total. The van der Waals surface area contributed by atoms with E-state index in [1.807, 2.05) is 30.3 Å². The Morgan fingerprint density at radius 1 is 1.15 bits per heavy atom. The largest absolute Gasteiger partial charge is 0.457 e. The second-order valence-corrected chi connectivity index (χ2v) is 7.54. The van der Waals surface area contributed by atoms with E-state index in [0.717, 1.165) is 10.6 Å². The molecule has 0 saturated carbocycles. The van der Waals surface area contributed by atoms with Crippen LogP contribution < -0.4 is 14.4 Å². The van der Waals surface area contributed by atoms with E-state index in [-0.39, 0.29) is 6.54 Å². The van der Waals surface area contributed by atoms with E-state index in [1.165, 1.54) is 13.0 Å². The number of anilines is 1. The number of nitrogens with zero attached hydrogens (tertiary/aromatic N) is 1. The Bertz CT molecular complexity index is 849. The number of carbonyl (C=O) groups excluding carboxylic acids is 1. The molecule has 0 bridgehead atoms. The molecular weight excluding hydrogens is 352 g/mol. The van der Waals surface area contributed by atoms with Crippen LogP contribution >= 0.6 is 0 Å². The van der Waals surface area contributed by atoms with Crippen LogP contribution in [0.3, 0.4) is 0 Å². The summed E-state index contributed by atoms with van der Waals surface area (Å²) in [6, 6.07) is 14.9. The van der Waals surface area contributed by atoms with Crippen LogP contribution in [0.15, 0.2) is 67.3 Å². The molecule has 2 aromatic carbocycles. The molecule has 0 fully saturated rings. The molecule has 0 spiro atoms. The molecule has 6 nitrogen and oxygen atoms in total. The van der Waals surface area contributed by atoms with Crippen molar-refractivity contribution in [3.8, 4) is 11.5 Å². The molecule has 0 aliphatic heterocycles. The third kappa shape index (κ3) is 5.10. The Morgan fingerprint density at radius 2 is 1.73 bits per heavy atom. The molecule has 26 heavy (non-hydrogen) atoms. The van der Waals surface area contributed by atoms with Crippen molar-refractivity contribution >= 4 is 21.6 Å². The first kappa shape index (κ1) is 19.5. The highest BCUT2D eigenvalue weighted by Crippen LogP contribution is 2.26. The molecular formula is C19H22N2O4S. The van der Waals surface area contributed by atoms with Gasteiger partial charge in [0.05, 0.1) is 11.9 Å². The highest BCUT2D eigenvalue weighted by molar-refractivity contribution is 7.92. The number of ether oxygens (including phenoxy) is 1. The van der Waals surface area contributed by atoms with Crippen LogP contribution in [0.1, 0.15) is 6.92 Å². The highest BCUT2D eigenvalue weighted by atomic mass is 32.2. The van der Waals surface area contributed by atoms with Gasteiger partial charge in [-0.1, -0.05) is 24.3 Å². The Morgan fingerprint density at radius 3 is 2.27 bits per heavy atom. The van der Waals surface area contributed by atoms with Crippen molar-refractivity contribution < 1.29 is 17.9 Å². The summed E-state index contributed by atoms with van der Waals surface area (Å²) >= 11 is 0. The van der Waals surface area contributed by atoms with Crippen LogP contribution in [0.4, 0.5) is 5.69 Å². The normalized spacial score (nSPS) is 12.1. The van der Waals surface area contributed by atoms with Crippen molar-refractivity contribution in [2.45, 2.75) is 13.0 Å². The maximum atomic E-state index is 12.2. The molecule has 0 aliphatic rings. The van der Waals surface area contributed by atoms with Gasteiger partial charge in [-0.05, 0) is 43.3 Å². The third-order valence-corrected chi connectivity index (χ3v) is 4.82. The standard InChI is InChI=1S/C19H22N2O4S/c1-4-14-20-19(22)15(2)21(26(3,23)24)16-10-12-18(13-11-16)25-17-8-6-5-7-9-17/h4-13,15H,1,14H2,2-3H3,(H,20,22)/t15-/m0/s1. The first-order valence-corrected chi connectivity index (χ1v) is 9.88. The lowest BCUT2D eigenvalue weighted by Crippen LogP contribution is -2.47. The van der Waals surface area contributed by atoms with Crippen molar-refractivity contribution in [3.05, 3.63) is 67.3 Å². The van der Waals surface area contributed by atoms with E-state index in [4.69, 9.17) is 4.74 Å². The van der Waals surface area contributed by atoms with Gasteiger partial charge in [0.2, 0.25) is 15.9 Å². The number of nitrogens with one attached hydrogen (secondary N) is 1. The van der Waals surface area contributed by atoms with Gasteiger partial charge in [0.1, 0.15) is 17.5 Å². The summed E-state index contributed by atoms with van der Waals surface area (Å²) in [5, 5.41) is 2.61. The number of carbonyl (C=O) groups is 1. The monoisotopic (exact) mass is 374 g/mol. The number of benzene rings is 2. The van der Waals surface area contributed by atoms with E-state index in [0.29, 0.717) is 17.2 Å². The number of para-hydroxylation sites is 1. The lowest BCUT2D eigenvalue weighted by molar-refractivity contribution is -0.121. The van der Waals surface area contributed by atoms with E-state index >= 15 is 0 Å². The summed E-state index contributed by atoms with van der Waals surface area (Å²) in [4.78, 5) is 12.2. The van der Waals surface area contributed by atoms with Gasteiger partial charge >= 0.3 is 0 Å². The number of amides is 1. The van der Waals surface area contributed by atoms with Gasteiger partial charge in [-0.3, -0.25) is 9.10 Å². The maximum Gasteiger partial charge on any atom is 0.243 e. The fraction of sp³-hybridized carbons (Fsp3) is 0.211. The van der Waals surface area contributed by atoms with Crippen LogP contribution in [0.25, 0.3) is 0 Å². The molecule has 1 atom stereocenters. The minimum absolute atomic E-state index is 0.268. The van der Waals surface area contributed by atoms with Gasteiger partial charge < -0.3 is 10.1 Å². The lowest BCUT2D eigenvalue weighted by Gasteiger charge is -2.28. The van der Waals surface area contributed by atoms with Gasteiger partial charge in [0, 0.05) is 6.54 Å². The minimum atomic E-state index is -3.65. The van der Waals surface area contributed by atoms with Crippen molar-refractivity contribution in [3.63, 3.8) is 0 Å². The third-order valence-electron chi connectivity index (χ3n) is 3.58. The topological polar surface area (TPSA) is 75.7 Å². The van der Waals surface area contributed by atoms with Crippen LogP contribution in [0.5, 0.6) is 11.5 Å². The van der Waals surface area contributed by atoms with Gasteiger partial charge in [0.15, 0.2) is 0 Å². The molecule has 0 aliphatic carbocycles. The zero-order valence-corrected chi connectivity index (χ0v) is 15.6. The van der Waals surface area contributed by atoms with Crippen molar-refractivity contribution in [1.29, 1.82) is 0 Å². The summed E-state index contributed by atoms with van der Waals surface area (Å²) < 4.78 is 31.2. The van der Waals surface area contributed by atoms with Crippen LogP contribution in [0, 0.1) is 0 Å². The summed E-state index contributed by atoms with van der Waals surface area (Å²) in [5.74, 6) is 0.842. The molecule has 0 heterocycles. The van der Waals surface area contributed by atoms with E-state index in [9.17, 15) is 13.2 Å². The number of sulfonamides is 1. The Balaban J connectivity index is 2.23. The van der Waals surface area contributed by atoms with Crippen LogP contribution in [0.2, 0.25) is 0 Å². The number of rotatable bonds is 8. The predicted molar refractivity (Wildman–Crippen MR) is 103 cm³/mol. The fourth-order valence-electron chi connectivity index (χ4n) is 2.41. The van der Waals surface area contributed by atoms with E-state index < -0.39 is 22.0 Å². The van der Waals surface area contributed by atoms with Crippen LogP contribution in [-0.2, 0) is 14.8 Å². The first-order valence-electron chi connectivity index (χ1n) is 8.04. The molecule has 138 valence electrons. The minimum Gasteiger partial charge on any atom is -0.457 e. The Hall–Kier alpha value is -2.80. The maximum absolute atomic E-state index is 12.2. The second kappa shape index (κ2) is 8.53. The average Bonchev–Trinajstić information content (AvgIpc) is 2.61. The highest BCUT2D eigenvalue weighted by Gasteiger charge is 2.28. The number of hydrogen-bond acceptors (Lipinski definition) is 4. The first-order chi connectivity index (χ1) is 12.3. The SMILES string of the molecule is C=CCNC(=O)[C@H](C)N(c1ccc(Oc2ccccc2)cc1)S(C)(=O)=O. The molecule has 1 amide bonds. The Labute approximate surface area is 154 Å². The zero-order valence-electron chi connectivity index (χ0n) is 14.8. The number of hydrogen-bond donors (Lipinski definition) is 1. The summed E-state index contributed by atoms with van der Waals surface area (Å²) in [6.07, 6.45) is 2.60. The summed E-state index contributed by atoms with van der Waals surface area (Å²) in [6.45, 7) is 5.33. The van der Waals surface area contributed by atoms with Gasteiger partial charge in [-0.2, -0.15) is 0 Å². The van der Waals surface area contributed by atoms with Gasteiger partial charge in [-0.25, -0.2) is 8.42 Å². The second-order valence-electron chi connectivity index (χ2n) is 5.68. The quantitative estimate of drug-likeness (QED) is 0.721. The Kier molecular flexibility index (Phi) is 6.41. The molecule has 0 unspecified atom stereocenters. The fourth-order valence-corrected chi connectivity index (χ4v) is 3.59. The smallest absolute Gasteiger partial charge is 0.243 e. The average molecular weight is 374 g/mol. The molecule has 2 aromatic rings. The van der Waals surface area contributed by atoms with Crippen LogP contribution in [-0.4, -0.2) is 33.2 Å². The van der Waals surface area contributed by atoms with E-state index in [1.54, 1.807) is 24.3 Å². The van der Waals surface area contributed by atoms with E-state index in [2.05, 4.69) is 11.9 Å².